The number of aliphatic hydroxyl groups is 3. The number of ether oxygens (including phenoxy) is 1. The molecule has 0 aliphatic heterocycles. The Bertz CT molecular complexity index is 1360. The topological polar surface area (TPSA) is 175 Å². The van der Waals surface area contributed by atoms with Crippen LogP contribution in [0.15, 0.2) is 41.1 Å². The van der Waals surface area contributed by atoms with E-state index in [9.17, 15) is 34.8 Å². The number of amides is 1. The van der Waals surface area contributed by atoms with E-state index >= 15 is 0 Å². The minimum absolute atomic E-state index is 0.0243. The van der Waals surface area contributed by atoms with Gasteiger partial charge in [0.2, 0.25) is 0 Å². The molecule has 1 aromatic rings. The molecule has 0 radical (unpaired) electrons. The number of carbonyl (C=O) groups is 3. The number of benzene rings is 1. The fourth-order valence-electron chi connectivity index (χ4n) is 9.08. The Hall–Kier alpha value is -3.28. The smallest absolute Gasteiger partial charge is 0.328 e. The molecule has 45 heavy (non-hydrogen) atoms. The number of phenols is 1. The SMILES string of the molecule is CCOC(=O)[C@H](Cc1ccc(O)cc1)NC(=O)CO/N=C1/C=C2CC[C@@H]3[C@H]([C@@H](O)C[C@@]4(C)[C@H]3CC[C@]4(O)C(=O)CO)[C@@]2(C)CC1. The van der Waals surface area contributed by atoms with Crippen LogP contribution in [0, 0.1) is 28.6 Å². The van der Waals surface area contributed by atoms with Crippen molar-refractivity contribution < 1.29 is 44.4 Å². The number of carbonyl (C=O) groups excluding carboxylic acids is 3. The number of hydrogen-bond acceptors (Lipinski definition) is 10. The van der Waals surface area contributed by atoms with Gasteiger partial charge in [0.1, 0.15) is 24.0 Å². The number of aliphatic hydroxyl groups excluding tert-OH is 2. The van der Waals surface area contributed by atoms with Gasteiger partial charge in [0.05, 0.1) is 18.4 Å². The lowest BCUT2D eigenvalue weighted by Gasteiger charge is -2.60. The fourth-order valence-corrected chi connectivity index (χ4v) is 9.08. The summed E-state index contributed by atoms with van der Waals surface area (Å²) in [7, 11) is 0. The van der Waals surface area contributed by atoms with E-state index in [1.165, 1.54) is 17.7 Å². The number of fused-ring (bicyclic) bond motifs is 5. The minimum Gasteiger partial charge on any atom is -0.508 e. The number of hydrogen-bond donors (Lipinski definition) is 5. The van der Waals surface area contributed by atoms with Crippen LogP contribution in [0.3, 0.4) is 0 Å². The van der Waals surface area contributed by atoms with Crippen molar-refractivity contribution in [2.75, 3.05) is 19.8 Å². The van der Waals surface area contributed by atoms with Crippen LogP contribution in [-0.2, 0) is 30.4 Å². The summed E-state index contributed by atoms with van der Waals surface area (Å²) < 4.78 is 5.13. The summed E-state index contributed by atoms with van der Waals surface area (Å²) >= 11 is 0. The number of nitrogens with zero attached hydrogens (tertiary/aromatic N) is 1. The number of rotatable bonds is 10. The van der Waals surface area contributed by atoms with Crippen molar-refractivity contribution in [3.8, 4) is 5.75 Å². The Kier molecular flexibility index (Phi) is 9.45. The van der Waals surface area contributed by atoms with Gasteiger partial charge >= 0.3 is 5.97 Å². The van der Waals surface area contributed by atoms with Gasteiger partial charge in [0, 0.05) is 11.8 Å². The van der Waals surface area contributed by atoms with Crippen LogP contribution in [0.5, 0.6) is 5.75 Å². The third kappa shape index (κ3) is 6.02. The highest BCUT2D eigenvalue weighted by molar-refractivity contribution is 5.96. The number of esters is 1. The Balaban J connectivity index is 1.23. The molecule has 0 spiro atoms. The molecule has 0 unspecified atom stereocenters. The summed E-state index contributed by atoms with van der Waals surface area (Å²) in [6.07, 6.45) is 5.76. The van der Waals surface area contributed by atoms with Crippen molar-refractivity contribution in [2.24, 2.45) is 33.7 Å². The highest BCUT2D eigenvalue weighted by atomic mass is 16.6. The van der Waals surface area contributed by atoms with Crippen LogP contribution in [0.25, 0.3) is 0 Å². The number of phenolic OH excluding ortho intramolecular Hbond substituents is 1. The van der Waals surface area contributed by atoms with Crippen molar-refractivity contribution >= 4 is 23.4 Å². The van der Waals surface area contributed by atoms with Crippen molar-refractivity contribution in [2.45, 2.75) is 89.9 Å². The third-order valence-corrected chi connectivity index (χ3v) is 11.3. The van der Waals surface area contributed by atoms with Crippen LogP contribution in [0.4, 0.5) is 0 Å². The van der Waals surface area contributed by atoms with Crippen molar-refractivity contribution in [1.29, 1.82) is 0 Å². The number of ketones is 1. The summed E-state index contributed by atoms with van der Waals surface area (Å²) in [5.74, 6) is -1.34. The average Bonchev–Trinajstić information content (AvgIpc) is 3.28. The van der Waals surface area contributed by atoms with Crippen LogP contribution in [-0.4, -0.2) is 81.4 Å². The van der Waals surface area contributed by atoms with E-state index in [4.69, 9.17) is 9.57 Å². The number of nitrogens with one attached hydrogen (secondary N) is 1. The van der Waals surface area contributed by atoms with Crippen molar-refractivity contribution in [1.82, 2.24) is 5.32 Å². The van der Waals surface area contributed by atoms with Gasteiger partial charge in [0.15, 0.2) is 12.4 Å². The Morgan fingerprint density at radius 2 is 1.84 bits per heavy atom. The molecule has 0 aromatic heterocycles. The van der Waals surface area contributed by atoms with Crippen LogP contribution in [0.1, 0.15) is 71.3 Å². The van der Waals surface area contributed by atoms with E-state index in [0.29, 0.717) is 31.4 Å². The van der Waals surface area contributed by atoms with E-state index in [2.05, 4.69) is 17.4 Å². The molecule has 5 N–H and O–H groups in total. The lowest BCUT2D eigenvalue weighted by molar-refractivity contribution is -0.181. The second-order valence-electron chi connectivity index (χ2n) is 13.7. The molecular formula is C34H46N2O9. The van der Waals surface area contributed by atoms with Gasteiger partial charge in [0.25, 0.3) is 5.91 Å². The van der Waals surface area contributed by atoms with Gasteiger partial charge in [-0.3, -0.25) is 9.59 Å². The molecule has 11 heteroatoms. The Morgan fingerprint density at radius 1 is 1.11 bits per heavy atom. The zero-order valence-electron chi connectivity index (χ0n) is 26.3. The highest BCUT2D eigenvalue weighted by Crippen LogP contribution is 2.67. The first-order valence-electron chi connectivity index (χ1n) is 16.0. The molecule has 1 aromatic carbocycles. The largest absolute Gasteiger partial charge is 0.508 e. The number of aromatic hydroxyl groups is 1. The average molecular weight is 627 g/mol. The van der Waals surface area contributed by atoms with E-state index in [1.54, 1.807) is 19.1 Å². The molecular weight excluding hydrogens is 580 g/mol. The molecule has 3 fully saturated rings. The predicted molar refractivity (Wildman–Crippen MR) is 164 cm³/mol. The molecule has 246 valence electrons. The van der Waals surface area contributed by atoms with Crippen molar-refractivity contribution in [3.05, 3.63) is 41.5 Å². The quantitative estimate of drug-likeness (QED) is 0.193. The monoisotopic (exact) mass is 626 g/mol. The van der Waals surface area contributed by atoms with Gasteiger partial charge in [-0.05, 0) is 98.8 Å². The molecule has 8 atom stereocenters. The third-order valence-electron chi connectivity index (χ3n) is 11.3. The van der Waals surface area contributed by atoms with Gasteiger partial charge in [-0.1, -0.05) is 36.7 Å². The molecule has 4 aliphatic carbocycles. The standard InChI is InChI=1S/C34H46N2O9/c1-4-44-31(42)26(15-20-5-8-23(38)9-6-20)35-29(41)19-45-36-22-11-13-32(2)21(16-22)7-10-24-25-12-14-34(43,28(40)18-37)33(25,3)17-27(39)30(24)32/h5-6,8-9,16,24-27,30,37-39,43H,4,7,10-15,17-19H2,1-3H3,(H,35,41)/b36-22+/t24-,25-,26-,27-,30+,32-,33-,34-/m0/s1. The first-order chi connectivity index (χ1) is 21.4. The van der Waals surface area contributed by atoms with Gasteiger partial charge in [-0.15, -0.1) is 0 Å². The zero-order valence-corrected chi connectivity index (χ0v) is 26.3. The summed E-state index contributed by atoms with van der Waals surface area (Å²) in [4.78, 5) is 43.3. The maximum Gasteiger partial charge on any atom is 0.328 e. The molecule has 0 heterocycles. The van der Waals surface area contributed by atoms with E-state index in [1.807, 2.05) is 13.0 Å². The molecule has 11 nitrogen and oxygen atoms in total. The molecule has 1 amide bonds. The van der Waals surface area contributed by atoms with Gasteiger partial charge < -0.3 is 35.3 Å². The van der Waals surface area contributed by atoms with Crippen LogP contribution in [0.2, 0.25) is 0 Å². The number of allylic oxidation sites excluding steroid dienone is 2. The van der Waals surface area contributed by atoms with E-state index < -0.39 is 47.4 Å². The highest BCUT2D eigenvalue weighted by Gasteiger charge is 2.68. The van der Waals surface area contributed by atoms with Crippen LogP contribution >= 0.6 is 0 Å². The molecule has 3 saturated carbocycles. The number of oxime groups is 1. The first kappa shape index (κ1) is 33.1. The Labute approximate surface area is 263 Å². The molecule has 0 saturated heterocycles. The van der Waals surface area contributed by atoms with E-state index in [0.717, 1.165) is 24.8 Å². The second kappa shape index (κ2) is 12.8. The van der Waals surface area contributed by atoms with E-state index in [-0.39, 0.29) is 48.6 Å². The molecule has 5 rings (SSSR count). The summed E-state index contributed by atoms with van der Waals surface area (Å²) in [6.45, 7) is 4.87. The second-order valence-corrected chi connectivity index (χ2v) is 13.7. The fraction of sp³-hybridized carbons (Fsp3) is 0.647. The molecule has 4 aliphatic rings. The van der Waals surface area contributed by atoms with Crippen molar-refractivity contribution in [3.63, 3.8) is 0 Å². The number of Topliss-reactive ketones (excluding diaryl/α,β-unsaturated/α-hetero) is 1. The van der Waals surface area contributed by atoms with Gasteiger partial charge in [-0.2, -0.15) is 0 Å². The summed E-state index contributed by atoms with van der Waals surface area (Å²) in [6, 6.07) is 5.44. The maximum absolute atomic E-state index is 12.7. The zero-order chi connectivity index (χ0) is 32.6. The minimum atomic E-state index is -1.62. The predicted octanol–water partition coefficient (Wildman–Crippen LogP) is 2.58. The Morgan fingerprint density at radius 3 is 2.53 bits per heavy atom. The normalized spacial score (nSPS) is 35.3. The first-order valence-corrected chi connectivity index (χ1v) is 16.0. The molecule has 0 bridgehead atoms. The van der Waals surface area contributed by atoms with Crippen LogP contribution < -0.4 is 5.32 Å². The lowest BCUT2D eigenvalue weighted by atomic mass is 9.45. The summed E-state index contributed by atoms with van der Waals surface area (Å²) in [5, 5.41) is 49.0. The summed E-state index contributed by atoms with van der Waals surface area (Å²) in [5.41, 5.74) is -0.0411. The van der Waals surface area contributed by atoms with Gasteiger partial charge in [-0.25, -0.2) is 4.79 Å². The maximum atomic E-state index is 12.7. The lowest BCUT2D eigenvalue weighted by Crippen LogP contribution is -2.62.